The van der Waals surface area contributed by atoms with Crippen molar-refractivity contribution in [3.05, 3.63) is 23.3 Å². The number of carboxylic acids is 1. The summed E-state index contributed by atoms with van der Waals surface area (Å²) >= 11 is 0. The Morgan fingerprint density at radius 2 is 1.74 bits per heavy atom. The van der Waals surface area contributed by atoms with Gasteiger partial charge in [-0.15, -0.1) is 0 Å². The average Bonchev–Trinajstić information content (AvgIpc) is 2.43. The number of hydrogen-bond acceptors (Lipinski definition) is 4. The largest absolute Gasteiger partial charge is 0.478 e. The summed E-state index contributed by atoms with van der Waals surface area (Å²) in [6.07, 6.45) is 7.12. The maximum Gasteiger partial charge on any atom is 0.328 e. The van der Waals surface area contributed by atoms with Gasteiger partial charge < -0.3 is 20.1 Å². The molecule has 5 heteroatoms. The highest BCUT2D eigenvalue weighted by atomic mass is 16.4. The topological polar surface area (TPSA) is 94.8 Å². The van der Waals surface area contributed by atoms with Gasteiger partial charge in [-0.05, 0) is 38.2 Å². The van der Waals surface area contributed by atoms with E-state index in [0.717, 1.165) is 36.8 Å². The number of aliphatic hydroxyl groups is 2. The van der Waals surface area contributed by atoms with Gasteiger partial charge in [0.15, 0.2) is 0 Å². The Morgan fingerprint density at radius 3 is 2.26 bits per heavy atom. The van der Waals surface area contributed by atoms with E-state index in [1.807, 2.05) is 13.0 Å². The Morgan fingerprint density at radius 1 is 1.13 bits per heavy atom. The van der Waals surface area contributed by atoms with Crippen LogP contribution < -0.4 is 0 Å². The van der Waals surface area contributed by atoms with E-state index >= 15 is 0 Å². The molecule has 0 radical (unpaired) electrons. The predicted octanol–water partition coefficient (Wildman–Crippen LogP) is 2.72. The molecule has 0 saturated carbocycles. The first-order valence-corrected chi connectivity index (χ1v) is 8.12. The second kappa shape index (κ2) is 12.0. The fourth-order valence-corrected chi connectivity index (χ4v) is 2.65. The molecule has 0 aliphatic heterocycles. The lowest BCUT2D eigenvalue weighted by Gasteiger charge is -2.16. The van der Waals surface area contributed by atoms with Gasteiger partial charge in [0.2, 0.25) is 0 Å². The molecule has 0 aliphatic rings. The van der Waals surface area contributed by atoms with Crippen LogP contribution in [0.5, 0.6) is 0 Å². The highest BCUT2D eigenvalue weighted by Gasteiger charge is 2.16. The molecule has 0 unspecified atom stereocenters. The zero-order valence-electron chi connectivity index (χ0n) is 14.4. The summed E-state index contributed by atoms with van der Waals surface area (Å²) in [6.45, 7) is 5.60. The van der Waals surface area contributed by atoms with E-state index in [9.17, 15) is 14.7 Å². The molecular formula is C18H30O5. The van der Waals surface area contributed by atoms with Crippen molar-refractivity contribution in [3.63, 3.8) is 0 Å². The summed E-state index contributed by atoms with van der Waals surface area (Å²) in [5, 5.41) is 27.3. The molecule has 0 aromatic rings. The second-order valence-electron chi connectivity index (χ2n) is 6.36. The van der Waals surface area contributed by atoms with Crippen LogP contribution in [0.3, 0.4) is 0 Å². The van der Waals surface area contributed by atoms with Crippen LogP contribution in [0.1, 0.15) is 52.9 Å². The molecule has 0 amide bonds. The van der Waals surface area contributed by atoms with E-state index in [4.69, 9.17) is 10.2 Å². The molecule has 3 atom stereocenters. The van der Waals surface area contributed by atoms with Crippen molar-refractivity contribution in [1.29, 1.82) is 0 Å². The first kappa shape index (κ1) is 21.5. The summed E-state index contributed by atoms with van der Waals surface area (Å²) in [6, 6.07) is 0. The van der Waals surface area contributed by atoms with Gasteiger partial charge in [-0.3, -0.25) is 0 Å². The quantitative estimate of drug-likeness (QED) is 0.222. The number of carbonyl (C=O) groups is 2. The monoisotopic (exact) mass is 326 g/mol. The van der Waals surface area contributed by atoms with Gasteiger partial charge in [0.1, 0.15) is 6.29 Å². The Balaban J connectivity index is 4.08. The van der Waals surface area contributed by atoms with Crippen molar-refractivity contribution in [2.45, 2.75) is 59.0 Å². The van der Waals surface area contributed by atoms with E-state index in [2.05, 4.69) is 6.92 Å². The molecule has 0 aromatic heterocycles. The standard InChI is InChI=1S/C18H30O5/c1-13(8-14(2)9-15(3)10-18(22)23)6-4-5-7-17(21)16(11-19)12-20/h9-11,13,16-17,20-21H,4-8,12H2,1-3H3,(H,22,23)/b14-9+,15-10-/t13-,16-,17-/m1/s1. The van der Waals surface area contributed by atoms with E-state index < -0.39 is 18.0 Å². The Kier molecular flexibility index (Phi) is 11.3. The zero-order chi connectivity index (χ0) is 17.8. The number of aliphatic carboxylic acids is 1. The molecule has 0 aliphatic carbocycles. The maximum atomic E-state index is 10.6. The van der Waals surface area contributed by atoms with Gasteiger partial charge in [0.25, 0.3) is 0 Å². The van der Waals surface area contributed by atoms with Crippen molar-refractivity contribution >= 4 is 12.3 Å². The molecule has 23 heavy (non-hydrogen) atoms. The van der Waals surface area contributed by atoms with Crippen LogP contribution >= 0.6 is 0 Å². The van der Waals surface area contributed by atoms with Gasteiger partial charge >= 0.3 is 5.97 Å². The molecule has 3 N–H and O–H groups in total. The summed E-state index contributed by atoms with van der Waals surface area (Å²) < 4.78 is 0. The molecular weight excluding hydrogens is 296 g/mol. The molecule has 0 bridgehead atoms. The Bertz CT molecular complexity index is 425. The van der Waals surface area contributed by atoms with Crippen LogP contribution in [0, 0.1) is 11.8 Å². The van der Waals surface area contributed by atoms with Gasteiger partial charge in [-0.1, -0.05) is 37.8 Å². The molecule has 0 saturated heterocycles. The van der Waals surface area contributed by atoms with Crippen LogP contribution in [-0.2, 0) is 9.59 Å². The second-order valence-corrected chi connectivity index (χ2v) is 6.36. The number of unbranched alkanes of at least 4 members (excludes halogenated alkanes) is 1. The molecule has 0 spiro atoms. The van der Waals surface area contributed by atoms with Crippen molar-refractivity contribution in [3.8, 4) is 0 Å². The lowest BCUT2D eigenvalue weighted by molar-refractivity contribution is -0.131. The molecule has 0 heterocycles. The molecule has 5 nitrogen and oxygen atoms in total. The normalized spacial score (nSPS) is 16.7. The third kappa shape index (κ3) is 10.8. The van der Waals surface area contributed by atoms with E-state index in [0.29, 0.717) is 18.6 Å². The number of allylic oxidation sites excluding steroid dienone is 3. The molecule has 0 aromatic carbocycles. The van der Waals surface area contributed by atoms with E-state index in [1.54, 1.807) is 6.92 Å². The van der Waals surface area contributed by atoms with Crippen LogP contribution in [0.4, 0.5) is 0 Å². The van der Waals surface area contributed by atoms with Crippen molar-refractivity contribution < 1.29 is 24.9 Å². The van der Waals surface area contributed by atoms with Crippen molar-refractivity contribution in [1.82, 2.24) is 0 Å². The third-order valence-corrected chi connectivity index (χ3v) is 3.82. The van der Waals surface area contributed by atoms with Gasteiger partial charge in [0, 0.05) is 6.08 Å². The minimum Gasteiger partial charge on any atom is -0.478 e. The van der Waals surface area contributed by atoms with E-state index in [1.165, 1.54) is 6.08 Å². The first-order chi connectivity index (χ1) is 10.8. The van der Waals surface area contributed by atoms with Crippen LogP contribution in [-0.4, -0.2) is 40.3 Å². The molecule has 0 fully saturated rings. The number of aliphatic hydroxyl groups excluding tert-OH is 2. The first-order valence-electron chi connectivity index (χ1n) is 8.12. The molecule has 0 rings (SSSR count). The fourth-order valence-electron chi connectivity index (χ4n) is 2.65. The zero-order valence-corrected chi connectivity index (χ0v) is 14.4. The van der Waals surface area contributed by atoms with Crippen LogP contribution in [0.15, 0.2) is 23.3 Å². The van der Waals surface area contributed by atoms with Crippen molar-refractivity contribution in [2.75, 3.05) is 6.61 Å². The third-order valence-electron chi connectivity index (χ3n) is 3.82. The number of carboxylic acid groups (broad SMARTS) is 1. The Labute approximate surface area is 138 Å². The van der Waals surface area contributed by atoms with Gasteiger partial charge in [-0.2, -0.15) is 0 Å². The van der Waals surface area contributed by atoms with Crippen LogP contribution in [0.2, 0.25) is 0 Å². The maximum absolute atomic E-state index is 10.6. The summed E-state index contributed by atoms with van der Waals surface area (Å²) in [5.41, 5.74) is 1.88. The SMILES string of the molecule is CC(=C/C(=O)O)/C=C(\C)C[C@H](C)CCCC[C@@H](O)[C@H](C=O)CO. The van der Waals surface area contributed by atoms with E-state index in [-0.39, 0.29) is 6.61 Å². The number of aldehydes is 1. The van der Waals surface area contributed by atoms with Crippen LogP contribution in [0.25, 0.3) is 0 Å². The minimum absolute atomic E-state index is 0.311. The fraction of sp³-hybridized carbons (Fsp3) is 0.667. The lowest BCUT2D eigenvalue weighted by atomic mass is 9.93. The minimum atomic E-state index is -0.935. The summed E-state index contributed by atoms with van der Waals surface area (Å²) in [5.74, 6) is -1.14. The Hall–Kier alpha value is -1.46. The predicted molar refractivity (Wildman–Crippen MR) is 90.0 cm³/mol. The van der Waals surface area contributed by atoms with Gasteiger partial charge in [0.05, 0.1) is 18.6 Å². The number of hydrogen-bond donors (Lipinski definition) is 3. The van der Waals surface area contributed by atoms with Crippen molar-refractivity contribution in [2.24, 2.45) is 11.8 Å². The molecule has 132 valence electrons. The highest BCUT2D eigenvalue weighted by molar-refractivity contribution is 5.81. The summed E-state index contributed by atoms with van der Waals surface area (Å²) in [4.78, 5) is 21.2. The highest BCUT2D eigenvalue weighted by Crippen LogP contribution is 2.20. The summed E-state index contributed by atoms with van der Waals surface area (Å²) in [7, 11) is 0. The average molecular weight is 326 g/mol. The smallest absolute Gasteiger partial charge is 0.328 e. The number of rotatable bonds is 12. The van der Waals surface area contributed by atoms with Gasteiger partial charge in [-0.25, -0.2) is 4.79 Å². The lowest BCUT2D eigenvalue weighted by Crippen LogP contribution is -2.24. The number of carbonyl (C=O) groups excluding carboxylic acids is 1.